The molecule has 2 N–H and O–H groups in total. The molecule has 9 nitrogen and oxygen atoms in total. The topological polar surface area (TPSA) is 105 Å². The van der Waals surface area contributed by atoms with Gasteiger partial charge in [0.2, 0.25) is 0 Å². The second-order valence-electron chi connectivity index (χ2n) is 5.16. The van der Waals surface area contributed by atoms with Gasteiger partial charge < -0.3 is 10.6 Å². The Labute approximate surface area is 140 Å². The number of nitrogens with one attached hydrogen (secondary N) is 2. The highest BCUT2D eigenvalue weighted by Gasteiger charge is 2.26. The average Bonchev–Trinajstić information content (AvgIpc) is 3.33. The number of aromatic nitrogens is 4. The van der Waals surface area contributed by atoms with Crippen molar-refractivity contribution in [1.82, 2.24) is 35.3 Å². The van der Waals surface area contributed by atoms with Crippen LogP contribution in [0.2, 0.25) is 0 Å². The molecule has 0 atom stereocenters. The molecule has 0 spiro atoms. The summed E-state index contributed by atoms with van der Waals surface area (Å²) < 4.78 is 1.59. The smallest absolute Gasteiger partial charge is 0.325 e. The molecule has 1 aliphatic heterocycles. The van der Waals surface area contributed by atoms with E-state index in [-0.39, 0.29) is 6.54 Å². The monoisotopic (exact) mass is 343 g/mol. The van der Waals surface area contributed by atoms with Gasteiger partial charge in [-0.3, -0.25) is 0 Å². The molecule has 4 rings (SSSR count). The van der Waals surface area contributed by atoms with E-state index in [0.29, 0.717) is 24.6 Å². The fourth-order valence-corrected chi connectivity index (χ4v) is 3.07. The number of hydrogen-bond donors (Lipinski definition) is 2. The van der Waals surface area contributed by atoms with E-state index in [1.54, 1.807) is 15.9 Å². The molecule has 0 saturated carbocycles. The second-order valence-corrected chi connectivity index (χ2v) is 5.94. The maximum absolute atomic E-state index is 12.0. The van der Waals surface area contributed by atoms with Crippen LogP contribution in [0.4, 0.5) is 9.59 Å². The van der Waals surface area contributed by atoms with E-state index in [1.807, 2.05) is 29.0 Å². The van der Waals surface area contributed by atoms with Crippen LogP contribution in [0.15, 0.2) is 29.0 Å². The number of amides is 4. The van der Waals surface area contributed by atoms with Crippen LogP contribution in [0, 0.1) is 0 Å². The largest absolute Gasteiger partial charge is 0.336 e. The van der Waals surface area contributed by atoms with Crippen LogP contribution in [0.1, 0.15) is 5.82 Å². The number of rotatable bonds is 3. The quantitative estimate of drug-likeness (QED) is 0.741. The molecule has 0 radical (unpaired) electrons. The maximum atomic E-state index is 12.0. The Morgan fingerprint density at radius 2 is 2.25 bits per heavy atom. The molecule has 4 amide bonds. The molecular weight excluding hydrogens is 330 g/mol. The molecule has 1 fully saturated rings. The van der Waals surface area contributed by atoms with Crippen molar-refractivity contribution in [3.05, 3.63) is 34.8 Å². The summed E-state index contributed by atoms with van der Waals surface area (Å²) in [5.74, 6) is 0.495. The molecule has 3 aromatic heterocycles. The highest BCUT2D eigenvalue weighted by Crippen LogP contribution is 2.20. The Kier molecular flexibility index (Phi) is 3.58. The summed E-state index contributed by atoms with van der Waals surface area (Å²) in [6, 6.07) is 4.83. The Balaban J connectivity index is 1.55. The maximum Gasteiger partial charge on any atom is 0.325 e. The van der Waals surface area contributed by atoms with Gasteiger partial charge in [0, 0.05) is 24.0 Å². The third-order valence-electron chi connectivity index (χ3n) is 3.64. The van der Waals surface area contributed by atoms with Crippen LogP contribution in [0.25, 0.3) is 16.9 Å². The average molecular weight is 343 g/mol. The summed E-state index contributed by atoms with van der Waals surface area (Å²) in [6.07, 6.45) is 0. The molecule has 10 heteroatoms. The normalized spacial score (nSPS) is 14.2. The molecule has 122 valence electrons. The van der Waals surface area contributed by atoms with Gasteiger partial charge in [0.25, 0.3) is 0 Å². The van der Waals surface area contributed by atoms with Gasteiger partial charge in [-0.2, -0.15) is 21.0 Å². The number of carbonyl (C=O) groups excluding carboxylic acids is 2. The lowest BCUT2D eigenvalue weighted by molar-refractivity contribution is 0.198. The van der Waals surface area contributed by atoms with E-state index < -0.39 is 12.1 Å². The first-order valence-corrected chi connectivity index (χ1v) is 8.24. The number of imide groups is 1. The molecule has 0 bridgehead atoms. The van der Waals surface area contributed by atoms with E-state index in [0.717, 1.165) is 16.2 Å². The first kappa shape index (κ1) is 14.6. The van der Waals surface area contributed by atoms with Crippen molar-refractivity contribution in [2.75, 3.05) is 13.1 Å². The van der Waals surface area contributed by atoms with Crippen molar-refractivity contribution in [2.45, 2.75) is 6.54 Å². The standard InChI is InChI=1S/C14H13N7O2S/c22-13-15-4-5-20(13)14(23)16-7-12-18-17-11-2-1-10(19-21(11)12)9-3-6-24-8-9/h1-3,6,8H,4-5,7H2,(H,15,22)(H,16,23). The Hall–Kier alpha value is -3.01. The van der Waals surface area contributed by atoms with Crippen molar-refractivity contribution in [3.63, 3.8) is 0 Å². The summed E-state index contributed by atoms with van der Waals surface area (Å²) in [5.41, 5.74) is 2.41. The summed E-state index contributed by atoms with van der Waals surface area (Å²) in [4.78, 5) is 24.6. The zero-order valence-electron chi connectivity index (χ0n) is 12.5. The molecule has 0 aromatic carbocycles. The Bertz CT molecular complexity index is 905. The Morgan fingerprint density at radius 3 is 3.00 bits per heavy atom. The number of carbonyl (C=O) groups is 2. The molecular formula is C14H13N7O2S. The molecule has 4 heterocycles. The predicted octanol–water partition coefficient (Wildman–Crippen LogP) is 1.09. The third-order valence-corrected chi connectivity index (χ3v) is 4.33. The molecule has 0 aliphatic carbocycles. The van der Waals surface area contributed by atoms with E-state index in [4.69, 9.17) is 0 Å². The number of urea groups is 2. The minimum absolute atomic E-state index is 0.129. The van der Waals surface area contributed by atoms with E-state index >= 15 is 0 Å². The van der Waals surface area contributed by atoms with E-state index in [1.165, 1.54) is 0 Å². The van der Waals surface area contributed by atoms with Crippen LogP contribution in [-0.4, -0.2) is 49.9 Å². The van der Waals surface area contributed by atoms with Gasteiger partial charge in [-0.25, -0.2) is 14.5 Å². The third kappa shape index (κ3) is 2.56. The fraction of sp³-hybridized carbons (Fsp3) is 0.214. The van der Waals surface area contributed by atoms with Gasteiger partial charge in [0.1, 0.15) is 0 Å². The lowest BCUT2D eigenvalue weighted by atomic mass is 10.2. The van der Waals surface area contributed by atoms with Crippen LogP contribution >= 0.6 is 11.3 Å². The van der Waals surface area contributed by atoms with Gasteiger partial charge in [0.05, 0.1) is 12.2 Å². The van der Waals surface area contributed by atoms with Gasteiger partial charge >= 0.3 is 12.1 Å². The summed E-state index contributed by atoms with van der Waals surface area (Å²) >= 11 is 1.59. The van der Waals surface area contributed by atoms with Gasteiger partial charge in [0.15, 0.2) is 11.5 Å². The minimum Gasteiger partial charge on any atom is -0.336 e. The Morgan fingerprint density at radius 1 is 1.33 bits per heavy atom. The van der Waals surface area contributed by atoms with Crippen molar-refractivity contribution in [1.29, 1.82) is 0 Å². The molecule has 0 unspecified atom stereocenters. The summed E-state index contributed by atoms with van der Waals surface area (Å²) in [6.45, 7) is 0.946. The van der Waals surface area contributed by atoms with Gasteiger partial charge in [-0.1, -0.05) is 0 Å². The van der Waals surface area contributed by atoms with Gasteiger partial charge in [-0.05, 0) is 23.6 Å². The fourth-order valence-electron chi connectivity index (χ4n) is 2.42. The number of thiophene rings is 1. The second kappa shape index (κ2) is 5.89. The highest BCUT2D eigenvalue weighted by atomic mass is 32.1. The molecule has 24 heavy (non-hydrogen) atoms. The molecule has 1 aliphatic rings. The lowest BCUT2D eigenvalue weighted by Crippen LogP contribution is -2.41. The van der Waals surface area contributed by atoms with Crippen LogP contribution < -0.4 is 10.6 Å². The molecule has 1 saturated heterocycles. The van der Waals surface area contributed by atoms with E-state index in [9.17, 15) is 9.59 Å². The van der Waals surface area contributed by atoms with Gasteiger partial charge in [-0.15, -0.1) is 10.2 Å². The van der Waals surface area contributed by atoms with Crippen LogP contribution in [-0.2, 0) is 6.54 Å². The first-order valence-electron chi connectivity index (χ1n) is 7.29. The zero-order chi connectivity index (χ0) is 16.5. The summed E-state index contributed by atoms with van der Waals surface area (Å²) in [5, 5.41) is 21.9. The van der Waals surface area contributed by atoms with Crippen molar-refractivity contribution < 1.29 is 9.59 Å². The number of hydrogen-bond acceptors (Lipinski definition) is 6. The highest BCUT2D eigenvalue weighted by molar-refractivity contribution is 7.08. The first-order chi connectivity index (χ1) is 11.7. The van der Waals surface area contributed by atoms with Crippen LogP contribution in [0.5, 0.6) is 0 Å². The SMILES string of the molecule is O=C1NCCN1C(=O)NCc1nnc2ccc(-c3ccsc3)nn12. The minimum atomic E-state index is -0.462. The number of fused-ring (bicyclic) bond motifs is 1. The lowest BCUT2D eigenvalue weighted by Gasteiger charge is -2.12. The van der Waals surface area contributed by atoms with Crippen LogP contribution in [0.3, 0.4) is 0 Å². The zero-order valence-corrected chi connectivity index (χ0v) is 13.3. The molecule has 3 aromatic rings. The summed E-state index contributed by atoms with van der Waals surface area (Å²) in [7, 11) is 0. The van der Waals surface area contributed by atoms with E-state index in [2.05, 4.69) is 25.9 Å². The van der Waals surface area contributed by atoms with Crippen molar-refractivity contribution in [3.8, 4) is 11.3 Å². The number of nitrogens with zero attached hydrogens (tertiary/aromatic N) is 5. The van der Waals surface area contributed by atoms with Crippen molar-refractivity contribution in [2.24, 2.45) is 0 Å². The van der Waals surface area contributed by atoms with Crippen molar-refractivity contribution >= 4 is 29.0 Å². The predicted molar refractivity (Wildman–Crippen MR) is 86.4 cm³/mol.